The van der Waals surface area contributed by atoms with Gasteiger partial charge in [-0.2, -0.15) is 0 Å². The molecule has 0 aromatic heterocycles. The van der Waals surface area contributed by atoms with E-state index in [2.05, 4.69) is 31.8 Å². The summed E-state index contributed by atoms with van der Waals surface area (Å²) in [6.45, 7) is 7.36. The summed E-state index contributed by atoms with van der Waals surface area (Å²) in [6, 6.07) is 0. The van der Waals surface area contributed by atoms with Crippen molar-refractivity contribution in [2.75, 3.05) is 7.05 Å². The summed E-state index contributed by atoms with van der Waals surface area (Å²) in [6.07, 6.45) is 12.4. The number of aliphatic imine (C=N–C) groups is 1. The minimum atomic E-state index is -0.0889. The van der Waals surface area contributed by atoms with E-state index in [1.54, 1.807) is 5.57 Å². The zero-order chi connectivity index (χ0) is 17.1. The summed E-state index contributed by atoms with van der Waals surface area (Å²) >= 11 is 0. The Morgan fingerprint density at radius 1 is 1.12 bits per heavy atom. The molecule has 4 rings (SSSR count). The molecule has 0 bridgehead atoms. The quantitative estimate of drug-likeness (QED) is 0.532. The Morgan fingerprint density at radius 3 is 2.67 bits per heavy atom. The van der Waals surface area contributed by atoms with Crippen LogP contribution in [0.1, 0.15) is 72.1 Å². The SMILES string of the molecule is CN=C(C)[C@H]1CC[C@H]2[C@@H]3CC=C4C[C@H](O)CC[C@]4(C)[C@H]3CC[C@]12C. The van der Waals surface area contributed by atoms with Crippen molar-refractivity contribution in [3.8, 4) is 0 Å². The summed E-state index contributed by atoms with van der Waals surface area (Å²) in [4.78, 5) is 4.58. The van der Waals surface area contributed by atoms with Gasteiger partial charge in [-0.15, -0.1) is 0 Å². The number of aliphatic hydroxyl groups is 1. The van der Waals surface area contributed by atoms with Crippen molar-refractivity contribution >= 4 is 5.71 Å². The standard InChI is InChI=1S/C22H35NO/c1-14(23-4)18-7-8-19-17-6-5-15-13-16(24)9-11-21(15,2)20(17)10-12-22(18,19)3/h5,16-20,24H,6-13H2,1-4H3/t16-,17+,18-,19+,20+,21+,22-/m1/s1. The van der Waals surface area contributed by atoms with Crippen LogP contribution in [0.25, 0.3) is 0 Å². The molecule has 134 valence electrons. The largest absolute Gasteiger partial charge is 0.393 e. The van der Waals surface area contributed by atoms with Crippen LogP contribution in [-0.2, 0) is 0 Å². The maximum atomic E-state index is 10.1. The number of nitrogens with zero attached hydrogens (tertiary/aromatic N) is 1. The lowest BCUT2D eigenvalue weighted by atomic mass is 9.47. The van der Waals surface area contributed by atoms with Crippen LogP contribution in [0.2, 0.25) is 0 Å². The van der Waals surface area contributed by atoms with E-state index in [1.807, 2.05) is 7.05 Å². The summed E-state index contributed by atoms with van der Waals surface area (Å²) < 4.78 is 0. The molecule has 1 N–H and O–H groups in total. The Hall–Kier alpha value is -0.630. The first-order valence-corrected chi connectivity index (χ1v) is 10.2. The van der Waals surface area contributed by atoms with Gasteiger partial charge in [-0.3, -0.25) is 4.99 Å². The van der Waals surface area contributed by atoms with Crippen molar-refractivity contribution in [1.82, 2.24) is 0 Å². The molecule has 0 amide bonds. The zero-order valence-corrected chi connectivity index (χ0v) is 16.0. The highest BCUT2D eigenvalue weighted by atomic mass is 16.3. The number of rotatable bonds is 1. The molecular formula is C22H35NO. The van der Waals surface area contributed by atoms with Crippen molar-refractivity contribution in [2.24, 2.45) is 39.5 Å². The maximum absolute atomic E-state index is 10.1. The van der Waals surface area contributed by atoms with Crippen LogP contribution < -0.4 is 0 Å². The molecule has 2 heteroatoms. The first-order valence-electron chi connectivity index (χ1n) is 10.2. The fourth-order valence-electron chi connectivity index (χ4n) is 7.48. The monoisotopic (exact) mass is 329 g/mol. The molecule has 0 radical (unpaired) electrons. The normalized spacial score (nSPS) is 51.5. The van der Waals surface area contributed by atoms with Crippen LogP contribution in [0.4, 0.5) is 0 Å². The van der Waals surface area contributed by atoms with Gasteiger partial charge in [0.15, 0.2) is 0 Å². The fraction of sp³-hybridized carbons (Fsp3) is 0.864. The van der Waals surface area contributed by atoms with E-state index in [1.165, 1.54) is 44.2 Å². The molecule has 7 atom stereocenters. The topological polar surface area (TPSA) is 32.6 Å². The predicted octanol–water partition coefficient (Wildman–Crippen LogP) is 5.02. The van der Waals surface area contributed by atoms with Gasteiger partial charge in [0.2, 0.25) is 0 Å². The smallest absolute Gasteiger partial charge is 0.0577 e. The summed E-state index contributed by atoms with van der Waals surface area (Å²) in [7, 11) is 1.97. The first kappa shape index (κ1) is 16.8. The van der Waals surface area contributed by atoms with Gasteiger partial charge in [-0.25, -0.2) is 0 Å². The van der Waals surface area contributed by atoms with Gasteiger partial charge in [0, 0.05) is 18.7 Å². The third kappa shape index (κ3) is 2.21. The third-order valence-corrected chi connectivity index (χ3v) is 8.93. The Labute approximate surface area is 147 Å². The molecule has 0 unspecified atom stereocenters. The molecule has 4 aliphatic rings. The number of fused-ring (bicyclic) bond motifs is 5. The van der Waals surface area contributed by atoms with Crippen molar-refractivity contribution in [3.63, 3.8) is 0 Å². The van der Waals surface area contributed by atoms with Crippen LogP contribution in [0.3, 0.4) is 0 Å². The van der Waals surface area contributed by atoms with Crippen molar-refractivity contribution in [1.29, 1.82) is 0 Å². The molecule has 0 saturated heterocycles. The Kier molecular flexibility index (Phi) is 3.99. The first-order chi connectivity index (χ1) is 11.4. The number of hydrogen-bond acceptors (Lipinski definition) is 2. The molecule has 0 aliphatic heterocycles. The Balaban J connectivity index is 1.65. The van der Waals surface area contributed by atoms with Crippen LogP contribution in [0.15, 0.2) is 16.6 Å². The minimum absolute atomic E-state index is 0.0889. The fourth-order valence-corrected chi connectivity index (χ4v) is 7.48. The highest BCUT2D eigenvalue weighted by Gasteiger charge is 2.58. The maximum Gasteiger partial charge on any atom is 0.0577 e. The molecule has 0 heterocycles. The molecule has 4 aliphatic carbocycles. The van der Waals surface area contributed by atoms with Crippen molar-refractivity contribution < 1.29 is 5.11 Å². The second-order valence-corrected chi connectivity index (χ2v) is 9.70. The second-order valence-electron chi connectivity index (χ2n) is 9.70. The minimum Gasteiger partial charge on any atom is -0.393 e. The molecule has 3 saturated carbocycles. The van der Waals surface area contributed by atoms with Gasteiger partial charge >= 0.3 is 0 Å². The average molecular weight is 330 g/mol. The summed E-state index contributed by atoms with van der Waals surface area (Å²) in [5, 5.41) is 10.1. The lowest BCUT2D eigenvalue weighted by Gasteiger charge is -2.58. The highest BCUT2D eigenvalue weighted by Crippen LogP contribution is 2.66. The number of aliphatic hydroxyl groups excluding tert-OH is 1. The van der Waals surface area contributed by atoms with Crippen molar-refractivity contribution in [3.05, 3.63) is 11.6 Å². The number of hydrogen-bond donors (Lipinski definition) is 1. The van der Waals surface area contributed by atoms with Gasteiger partial charge in [0.25, 0.3) is 0 Å². The zero-order valence-electron chi connectivity index (χ0n) is 16.0. The molecule has 3 fully saturated rings. The van der Waals surface area contributed by atoms with E-state index >= 15 is 0 Å². The van der Waals surface area contributed by atoms with Gasteiger partial charge in [0.1, 0.15) is 0 Å². The summed E-state index contributed by atoms with van der Waals surface area (Å²) in [5.41, 5.74) is 3.82. The highest BCUT2D eigenvalue weighted by molar-refractivity contribution is 5.85. The molecular weight excluding hydrogens is 294 g/mol. The van der Waals surface area contributed by atoms with Gasteiger partial charge in [-0.1, -0.05) is 25.5 Å². The van der Waals surface area contributed by atoms with Gasteiger partial charge in [0.05, 0.1) is 6.10 Å². The molecule has 24 heavy (non-hydrogen) atoms. The van der Waals surface area contributed by atoms with Crippen LogP contribution in [0.5, 0.6) is 0 Å². The molecule has 2 nitrogen and oxygen atoms in total. The summed E-state index contributed by atoms with van der Waals surface area (Å²) in [5.74, 6) is 3.29. The van der Waals surface area contributed by atoms with Crippen molar-refractivity contribution in [2.45, 2.75) is 78.2 Å². The van der Waals surface area contributed by atoms with E-state index in [4.69, 9.17) is 0 Å². The molecule has 0 aromatic carbocycles. The lowest BCUT2D eigenvalue weighted by molar-refractivity contribution is -0.0423. The third-order valence-electron chi connectivity index (χ3n) is 8.93. The van der Waals surface area contributed by atoms with E-state index in [9.17, 15) is 5.11 Å². The Morgan fingerprint density at radius 2 is 1.92 bits per heavy atom. The van der Waals surface area contributed by atoms with Crippen LogP contribution >= 0.6 is 0 Å². The van der Waals surface area contributed by atoms with E-state index in [0.717, 1.165) is 30.6 Å². The van der Waals surface area contributed by atoms with E-state index < -0.39 is 0 Å². The van der Waals surface area contributed by atoms with Gasteiger partial charge in [-0.05, 0) is 86.9 Å². The molecule has 0 aromatic rings. The van der Waals surface area contributed by atoms with Gasteiger partial charge < -0.3 is 5.11 Å². The number of allylic oxidation sites excluding steroid dienone is 1. The average Bonchev–Trinajstić information content (AvgIpc) is 2.92. The Bertz CT molecular complexity index is 579. The lowest BCUT2D eigenvalue weighted by Crippen LogP contribution is -2.50. The van der Waals surface area contributed by atoms with Crippen LogP contribution in [-0.4, -0.2) is 24.0 Å². The predicted molar refractivity (Wildman–Crippen MR) is 100 cm³/mol. The van der Waals surface area contributed by atoms with E-state index in [0.29, 0.717) is 16.7 Å². The van der Waals surface area contributed by atoms with E-state index in [-0.39, 0.29) is 6.10 Å². The van der Waals surface area contributed by atoms with Crippen LogP contribution in [0, 0.1) is 34.5 Å². The second kappa shape index (κ2) is 5.69. The molecule has 0 spiro atoms.